The number of carbonyl (C=O) groups is 1. The number of nitro groups is 1. The summed E-state index contributed by atoms with van der Waals surface area (Å²) in [6.45, 7) is 0. The Morgan fingerprint density at radius 1 is 1.15 bits per heavy atom. The summed E-state index contributed by atoms with van der Waals surface area (Å²) in [6, 6.07) is 17.7. The van der Waals surface area contributed by atoms with Gasteiger partial charge in [0.25, 0.3) is 5.69 Å². The predicted molar refractivity (Wildman–Crippen MR) is 106 cm³/mol. The summed E-state index contributed by atoms with van der Waals surface area (Å²) >= 11 is 3.40. The molecule has 2 aromatic carbocycles. The first-order valence-electron chi connectivity index (χ1n) is 8.02. The number of rotatable bonds is 6. The van der Waals surface area contributed by atoms with Gasteiger partial charge < -0.3 is 4.57 Å². The van der Waals surface area contributed by atoms with Crippen LogP contribution in [-0.4, -0.2) is 21.6 Å². The quantitative estimate of drug-likeness (QED) is 0.368. The number of nitro benzene ring substituents is 1. The summed E-state index contributed by atoms with van der Waals surface area (Å²) in [7, 11) is 0. The Balaban J connectivity index is 1.67. The number of para-hydroxylation sites is 1. The maximum atomic E-state index is 12.0. The molecule has 1 aromatic heterocycles. The van der Waals surface area contributed by atoms with Crippen LogP contribution in [0.3, 0.4) is 0 Å². The molecule has 3 rings (SSSR count). The van der Waals surface area contributed by atoms with Crippen LogP contribution in [0, 0.1) is 10.1 Å². The number of nitrogens with zero attached hydrogens (tertiary/aromatic N) is 3. The van der Waals surface area contributed by atoms with Crippen LogP contribution >= 0.6 is 15.9 Å². The molecular weight excluding hydrogens is 412 g/mol. The van der Waals surface area contributed by atoms with Gasteiger partial charge >= 0.3 is 0 Å². The SMILES string of the molecule is O=C(Cc1ccccc1[N+](=O)[O-])NN=Cc1cccn1-c1ccc(Br)cc1. The lowest BCUT2D eigenvalue weighted by atomic mass is 10.1. The third-order valence-electron chi connectivity index (χ3n) is 3.81. The van der Waals surface area contributed by atoms with E-state index >= 15 is 0 Å². The average Bonchev–Trinajstić information content (AvgIpc) is 3.11. The first-order valence-corrected chi connectivity index (χ1v) is 8.81. The highest BCUT2D eigenvalue weighted by Gasteiger charge is 2.15. The standard InChI is InChI=1S/C19H15BrN4O3/c20-15-7-9-16(10-8-15)23-11-3-5-17(23)13-21-22-19(25)12-14-4-1-2-6-18(14)24(26)27/h1-11,13H,12H2,(H,22,25). The zero-order valence-corrected chi connectivity index (χ0v) is 15.7. The third kappa shape index (κ3) is 4.68. The molecule has 0 aliphatic heterocycles. The van der Waals surface area contributed by atoms with Crippen LogP contribution in [0.15, 0.2) is 76.4 Å². The van der Waals surface area contributed by atoms with Gasteiger partial charge in [-0.3, -0.25) is 14.9 Å². The van der Waals surface area contributed by atoms with Crippen LogP contribution in [0.2, 0.25) is 0 Å². The molecule has 7 nitrogen and oxygen atoms in total. The van der Waals surface area contributed by atoms with E-state index < -0.39 is 10.8 Å². The lowest BCUT2D eigenvalue weighted by Gasteiger charge is -2.06. The van der Waals surface area contributed by atoms with Gasteiger partial charge in [-0.25, -0.2) is 5.43 Å². The summed E-state index contributed by atoms with van der Waals surface area (Å²) in [6.07, 6.45) is 3.29. The molecule has 0 radical (unpaired) electrons. The van der Waals surface area contributed by atoms with Gasteiger partial charge in [0.05, 0.1) is 23.3 Å². The van der Waals surface area contributed by atoms with Crippen molar-refractivity contribution in [1.29, 1.82) is 0 Å². The van der Waals surface area contributed by atoms with E-state index in [0.717, 1.165) is 15.9 Å². The number of nitrogens with one attached hydrogen (secondary N) is 1. The Kier molecular flexibility index (Phi) is 5.77. The van der Waals surface area contributed by atoms with Crippen molar-refractivity contribution in [3.05, 3.63) is 92.7 Å². The summed E-state index contributed by atoms with van der Waals surface area (Å²) in [5.41, 5.74) is 4.40. The molecule has 27 heavy (non-hydrogen) atoms. The minimum Gasteiger partial charge on any atom is -0.316 e. The molecule has 1 heterocycles. The van der Waals surface area contributed by atoms with E-state index in [0.29, 0.717) is 5.56 Å². The highest BCUT2D eigenvalue weighted by molar-refractivity contribution is 9.10. The smallest absolute Gasteiger partial charge is 0.273 e. The van der Waals surface area contributed by atoms with E-state index in [1.807, 2.05) is 47.2 Å². The molecule has 1 N–H and O–H groups in total. The summed E-state index contributed by atoms with van der Waals surface area (Å²) < 4.78 is 2.90. The second-order valence-corrected chi connectivity index (χ2v) is 6.55. The van der Waals surface area contributed by atoms with Gasteiger partial charge in [-0.1, -0.05) is 34.1 Å². The van der Waals surface area contributed by atoms with E-state index in [1.165, 1.54) is 12.3 Å². The fourth-order valence-corrected chi connectivity index (χ4v) is 2.82. The monoisotopic (exact) mass is 426 g/mol. The molecule has 8 heteroatoms. The van der Waals surface area contributed by atoms with Crippen LogP contribution < -0.4 is 5.43 Å². The summed E-state index contributed by atoms with van der Waals surface area (Å²) in [5, 5.41) is 15.0. The number of carbonyl (C=O) groups excluding carboxylic acids is 1. The van der Waals surface area contributed by atoms with Gasteiger partial charge in [-0.15, -0.1) is 0 Å². The highest BCUT2D eigenvalue weighted by Crippen LogP contribution is 2.18. The van der Waals surface area contributed by atoms with E-state index in [-0.39, 0.29) is 12.1 Å². The van der Waals surface area contributed by atoms with E-state index in [1.54, 1.807) is 18.2 Å². The Hall–Kier alpha value is -3.26. The van der Waals surface area contributed by atoms with Crippen molar-refractivity contribution in [2.75, 3.05) is 0 Å². The number of benzene rings is 2. The van der Waals surface area contributed by atoms with Crippen LogP contribution in [0.25, 0.3) is 5.69 Å². The maximum absolute atomic E-state index is 12.0. The average molecular weight is 427 g/mol. The van der Waals surface area contributed by atoms with Crippen LogP contribution in [0.1, 0.15) is 11.3 Å². The van der Waals surface area contributed by atoms with Crippen molar-refractivity contribution in [1.82, 2.24) is 9.99 Å². The molecule has 0 bridgehead atoms. The second kappa shape index (κ2) is 8.41. The minimum absolute atomic E-state index is 0.0826. The minimum atomic E-state index is -0.503. The highest BCUT2D eigenvalue weighted by atomic mass is 79.9. The first-order chi connectivity index (χ1) is 13.0. The van der Waals surface area contributed by atoms with Crippen molar-refractivity contribution in [3.63, 3.8) is 0 Å². The molecule has 3 aromatic rings. The molecule has 0 fully saturated rings. The normalized spacial score (nSPS) is 10.9. The van der Waals surface area contributed by atoms with Crippen molar-refractivity contribution in [2.45, 2.75) is 6.42 Å². The second-order valence-electron chi connectivity index (χ2n) is 5.64. The number of amides is 1. The maximum Gasteiger partial charge on any atom is 0.273 e. The van der Waals surface area contributed by atoms with Gasteiger partial charge in [-0.2, -0.15) is 5.10 Å². The Bertz CT molecular complexity index is 996. The topological polar surface area (TPSA) is 89.5 Å². The van der Waals surface area contributed by atoms with Gasteiger partial charge in [-0.05, 0) is 36.4 Å². The summed E-state index contributed by atoms with van der Waals surface area (Å²) in [5.74, 6) is -0.428. The molecule has 1 amide bonds. The molecular formula is C19H15BrN4O3. The predicted octanol–water partition coefficient (Wildman–Crippen LogP) is 3.84. The Morgan fingerprint density at radius 2 is 1.89 bits per heavy atom. The van der Waals surface area contributed by atoms with Gasteiger partial charge in [0.2, 0.25) is 5.91 Å². The molecule has 0 unspecified atom stereocenters. The number of hydrogen-bond donors (Lipinski definition) is 1. The summed E-state index contributed by atoms with van der Waals surface area (Å²) in [4.78, 5) is 22.6. The van der Waals surface area contributed by atoms with E-state index in [4.69, 9.17) is 0 Å². The van der Waals surface area contributed by atoms with Gasteiger partial charge in [0, 0.05) is 28.0 Å². The molecule has 0 spiro atoms. The van der Waals surface area contributed by atoms with Crippen molar-refractivity contribution in [3.8, 4) is 5.69 Å². The zero-order chi connectivity index (χ0) is 19.2. The van der Waals surface area contributed by atoms with Crippen LogP contribution in [0.5, 0.6) is 0 Å². The van der Waals surface area contributed by atoms with Gasteiger partial charge in [0.15, 0.2) is 0 Å². The number of hydrogen-bond acceptors (Lipinski definition) is 4. The van der Waals surface area contributed by atoms with E-state index in [9.17, 15) is 14.9 Å². The zero-order valence-electron chi connectivity index (χ0n) is 14.1. The van der Waals surface area contributed by atoms with E-state index in [2.05, 4.69) is 26.5 Å². The number of hydrazone groups is 1. The van der Waals surface area contributed by atoms with Crippen molar-refractivity contribution in [2.24, 2.45) is 5.10 Å². The van der Waals surface area contributed by atoms with Crippen molar-refractivity contribution < 1.29 is 9.72 Å². The molecule has 136 valence electrons. The molecule has 0 atom stereocenters. The molecule has 0 saturated heterocycles. The number of halogens is 1. The lowest BCUT2D eigenvalue weighted by molar-refractivity contribution is -0.385. The fraction of sp³-hybridized carbons (Fsp3) is 0.0526. The Labute approximate surface area is 163 Å². The van der Waals surface area contributed by atoms with Crippen molar-refractivity contribution >= 4 is 33.7 Å². The molecule has 0 aliphatic rings. The fourth-order valence-electron chi connectivity index (χ4n) is 2.56. The first kappa shape index (κ1) is 18.5. The molecule has 0 saturated carbocycles. The Morgan fingerprint density at radius 3 is 2.63 bits per heavy atom. The molecule has 0 aliphatic carbocycles. The number of aromatic nitrogens is 1. The lowest BCUT2D eigenvalue weighted by Crippen LogP contribution is -2.20. The van der Waals surface area contributed by atoms with Crippen LogP contribution in [0.4, 0.5) is 5.69 Å². The van der Waals surface area contributed by atoms with Gasteiger partial charge in [0.1, 0.15) is 0 Å². The third-order valence-corrected chi connectivity index (χ3v) is 4.34. The largest absolute Gasteiger partial charge is 0.316 e. The van der Waals surface area contributed by atoms with Crippen LogP contribution in [-0.2, 0) is 11.2 Å².